The molecule has 0 amide bonds. The van der Waals surface area contributed by atoms with Crippen molar-refractivity contribution in [1.29, 1.82) is 0 Å². The summed E-state index contributed by atoms with van der Waals surface area (Å²) in [4.78, 5) is 0. The Labute approximate surface area is 163 Å². The normalized spacial score (nSPS) is 11.6. The third-order valence-electron chi connectivity index (χ3n) is 5.65. The van der Waals surface area contributed by atoms with Crippen LogP contribution in [0.4, 0.5) is 11.4 Å². The second-order valence-electron chi connectivity index (χ2n) is 7.89. The maximum atomic E-state index is 6.03. The first-order valence-electron chi connectivity index (χ1n) is 10.8. The molecule has 3 nitrogen and oxygen atoms in total. The van der Waals surface area contributed by atoms with E-state index in [0.717, 1.165) is 17.9 Å². The Morgan fingerprint density at radius 1 is 0.630 bits per heavy atom. The van der Waals surface area contributed by atoms with Gasteiger partial charge in [-0.15, -0.1) is 0 Å². The minimum Gasteiger partial charge on any atom is -0.399 e. The van der Waals surface area contributed by atoms with Gasteiger partial charge in [-0.05, 0) is 42.8 Å². The van der Waals surface area contributed by atoms with Crippen LogP contribution in [0.5, 0.6) is 0 Å². The van der Waals surface area contributed by atoms with Gasteiger partial charge >= 0.3 is 0 Å². The van der Waals surface area contributed by atoms with E-state index in [-0.39, 0.29) is 0 Å². The molecule has 2 aromatic carbocycles. The highest BCUT2D eigenvalue weighted by Gasteiger charge is 2.11. The fourth-order valence-electron chi connectivity index (χ4n) is 4.14. The third-order valence-corrected chi connectivity index (χ3v) is 5.65. The summed E-state index contributed by atoms with van der Waals surface area (Å²) in [7, 11) is 0. The number of hydrogen-bond acceptors (Lipinski definition) is 2. The molecule has 0 fully saturated rings. The second-order valence-corrected chi connectivity index (χ2v) is 7.89. The Bertz CT molecular complexity index is 804. The topological polar surface area (TPSA) is 57.0 Å². The number of nitrogens with two attached hydrogens (primary N) is 2. The number of benzene rings is 2. The Morgan fingerprint density at radius 2 is 1.07 bits per heavy atom. The molecule has 0 atom stereocenters. The quantitative estimate of drug-likeness (QED) is 0.287. The summed E-state index contributed by atoms with van der Waals surface area (Å²) in [5.74, 6) is 0. The van der Waals surface area contributed by atoms with Gasteiger partial charge < -0.3 is 16.0 Å². The Morgan fingerprint density at radius 3 is 1.56 bits per heavy atom. The van der Waals surface area contributed by atoms with E-state index < -0.39 is 0 Å². The zero-order valence-corrected chi connectivity index (χ0v) is 16.8. The molecule has 0 aliphatic heterocycles. The van der Waals surface area contributed by atoms with Gasteiger partial charge in [0.25, 0.3) is 0 Å². The van der Waals surface area contributed by atoms with E-state index in [9.17, 15) is 0 Å². The molecule has 3 rings (SSSR count). The standard InChI is InChI=1S/C24H35N3/c1-2-3-4-5-6-7-8-9-10-11-16-27-23-14-12-19(25)17-21(23)22-18-20(26)13-15-24(22)27/h12-15,17-18H,2-11,16,25-26H2,1H3. The lowest BCUT2D eigenvalue weighted by Crippen LogP contribution is -1.98. The van der Waals surface area contributed by atoms with Crippen LogP contribution in [0.2, 0.25) is 0 Å². The Balaban J connectivity index is 1.55. The smallest absolute Gasteiger partial charge is 0.0492 e. The maximum Gasteiger partial charge on any atom is 0.0492 e. The van der Waals surface area contributed by atoms with Crippen molar-refractivity contribution in [2.75, 3.05) is 11.5 Å². The second kappa shape index (κ2) is 9.68. The molecule has 146 valence electrons. The number of anilines is 2. The van der Waals surface area contributed by atoms with E-state index in [4.69, 9.17) is 11.5 Å². The molecule has 0 saturated carbocycles. The van der Waals surface area contributed by atoms with Crippen molar-refractivity contribution >= 4 is 33.2 Å². The molecule has 3 aromatic rings. The molecule has 0 saturated heterocycles. The van der Waals surface area contributed by atoms with Crippen molar-refractivity contribution in [2.45, 2.75) is 77.7 Å². The van der Waals surface area contributed by atoms with Gasteiger partial charge in [-0.2, -0.15) is 0 Å². The summed E-state index contributed by atoms with van der Waals surface area (Å²) >= 11 is 0. The number of hydrogen-bond donors (Lipinski definition) is 2. The molecule has 27 heavy (non-hydrogen) atoms. The number of aryl methyl sites for hydroxylation is 1. The fraction of sp³-hybridized carbons (Fsp3) is 0.500. The SMILES string of the molecule is CCCCCCCCCCCCn1c2ccc(N)cc2c2cc(N)ccc21. The number of unbranched alkanes of at least 4 members (excludes halogenated alkanes) is 9. The van der Waals surface area contributed by atoms with E-state index in [1.54, 1.807) is 0 Å². The predicted molar refractivity (Wildman–Crippen MR) is 120 cm³/mol. The number of rotatable bonds is 11. The van der Waals surface area contributed by atoms with Crippen molar-refractivity contribution < 1.29 is 0 Å². The molecule has 0 aliphatic carbocycles. The Hall–Kier alpha value is -2.16. The van der Waals surface area contributed by atoms with Crippen LogP contribution in [0.3, 0.4) is 0 Å². The van der Waals surface area contributed by atoms with Gasteiger partial charge in [0.2, 0.25) is 0 Å². The number of fused-ring (bicyclic) bond motifs is 3. The Kier molecular flexibility index (Phi) is 7.03. The van der Waals surface area contributed by atoms with Crippen molar-refractivity contribution in [3.8, 4) is 0 Å². The van der Waals surface area contributed by atoms with Gasteiger partial charge in [-0.25, -0.2) is 0 Å². The lowest BCUT2D eigenvalue weighted by atomic mass is 10.1. The molecule has 1 aromatic heterocycles. The summed E-state index contributed by atoms with van der Waals surface area (Å²) in [6.07, 6.45) is 13.6. The largest absolute Gasteiger partial charge is 0.399 e. The van der Waals surface area contributed by atoms with Crippen molar-refractivity contribution in [2.24, 2.45) is 0 Å². The number of aromatic nitrogens is 1. The molecule has 3 heteroatoms. The van der Waals surface area contributed by atoms with Crippen LogP contribution in [0.1, 0.15) is 71.1 Å². The van der Waals surface area contributed by atoms with Gasteiger partial charge in [0.15, 0.2) is 0 Å². The lowest BCUT2D eigenvalue weighted by molar-refractivity contribution is 0.541. The summed E-state index contributed by atoms with van der Waals surface area (Å²) in [6.45, 7) is 3.34. The molecule has 0 spiro atoms. The maximum absolute atomic E-state index is 6.03. The van der Waals surface area contributed by atoms with E-state index in [2.05, 4.69) is 35.8 Å². The van der Waals surface area contributed by atoms with Crippen LogP contribution >= 0.6 is 0 Å². The molecule has 0 bridgehead atoms. The molecule has 0 aliphatic rings. The van der Waals surface area contributed by atoms with Crippen LogP contribution < -0.4 is 11.5 Å². The summed E-state index contributed by atoms with van der Waals surface area (Å²) < 4.78 is 2.44. The zero-order valence-electron chi connectivity index (χ0n) is 16.8. The predicted octanol–water partition coefficient (Wildman–Crippen LogP) is 6.88. The van der Waals surface area contributed by atoms with Crippen LogP contribution in [-0.4, -0.2) is 4.57 Å². The van der Waals surface area contributed by atoms with Crippen LogP contribution in [0.25, 0.3) is 21.8 Å². The van der Waals surface area contributed by atoms with Crippen molar-refractivity contribution in [1.82, 2.24) is 4.57 Å². The monoisotopic (exact) mass is 365 g/mol. The fourth-order valence-corrected chi connectivity index (χ4v) is 4.14. The van der Waals surface area contributed by atoms with Gasteiger partial charge in [0, 0.05) is 39.7 Å². The van der Waals surface area contributed by atoms with E-state index >= 15 is 0 Å². The minimum atomic E-state index is 0.808. The number of nitrogens with zero attached hydrogens (tertiary/aromatic N) is 1. The van der Waals surface area contributed by atoms with Crippen LogP contribution in [0.15, 0.2) is 36.4 Å². The van der Waals surface area contributed by atoms with Crippen molar-refractivity contribution in [3.63, 3.8) is 0 Å². The van der Waals surface area contributed by atoms with E-state index in [1.807, 2.05) is 12.1 Å². The first kappa shape index (κ1) is 19.6. The molecule has 4 N–H and O–H groups in total. The lowest BCUT2D eigenvalue weighted by Gasteiger charge is -2.08. The highest BCUT2D eigenvalue weighted by Crippen LogP contribution is 2.32. The summed E-state index contributed by atoms with van der Waals surface area (Å²) in [6, 6.07) is 12.5. The first-order valence-corrected chi connectivity index (χ1v) is 10.8. The van der Waals surface area contributed by atoms with Gasteiger partial charge in [0.1, 0.15) is 0 Å². The average molecular weight is 366 g/mol. The minimum absolute atomic E-state index is 0.808. The van der Waals surface area contributed by atoms with Gasteiger partial charge in [0.05, 0.1) is 0 Å². The highest BCUT2D eigenvalue weighted by atomic mass is 15.0. The summed E-state index contributed by atoms with van der Waals surface area (Å²) in [5, 5.41) is 2.42. The molecule has 0 radical (unpaired) electrons. The van der Waals surface area contributed by atoms with Gasteiger partial charge in [-0.1, -0.05) is 64.7 Å². The van der Waals surface area contributed by atoms with Crippen LogP contribution in [0, 0.1) is 0 Å². The molecule has 1 heterocycles. The average Bonchev–Trinajstić information content (AvgIpc) is 2.95. The first-order chi connectivity index (χ1) is 13.2. The van der Waals surface area contributed by atoms with E-state index in [0.29, 0.717) is 0 Å². The summed E-state index contributed by atoms with van der Waals surface area (Å²) in [5.41, 5.74) is 16.2. The highest BCUT2D eigenvalue weighted by molar-refractivity contribution is 6.09. The molecular formula is C24H35N3. The van der Waals surface area contributed by atoms with Gasteiger partial charge in [-0.3, -0.25) is 0 Å². The molecular weight excluding hydrogens is 330 g/mol. The van der Waals surface area contributed by atoms with Crippen molar-refractivity contribution in [3.05, 3.63) is 36.4 Å². The number of nitrogen functional groups attached to an aromatic ring is 2. The van der Waals surface area contributed by atoms with E-state index in [1.165, 1.54) is 86.0 Å². The third kappa shape index (κ3) is 4.97. The zero-order chi connectivity index (χ0) is 19.1. The molecule has 0 unspecified atom stereocenters. The van der Waals surface area contributed by atoms with Crippen LogP contribution in [-0.2, 0) is 6.54 Å².